The van der Waals surface area contributed by atoms with Crippen LogP contribution in [-0.2, 0) is 15.1 Å². The van der Waals surface area contributed by atoms with E-state index in [0.29, 0.717) is 23.6 Å². The second kappa shape index (κ2) is 9.03. The van der Waals surface area contributed by atoms with Gasteiger partial charge in [-0.15, -0.1) is 0 Å². The van der Waals surface area contributed by atoms with Gasteiger partial charge in [-0.25, -0.2) is 0 Å². The van der Waals surface area contributed by atoms with Crippen LogP contribution < -0.4 is 25.4 Å². The average Bonchev–Trinajstić information content (AvgIpc) is 3.31. The zero-order chi connectivity index (χ0) is 22.9. The Kier molecular flexibility index (Phi) is 6.35. The van der Waals surface area contributed by atoms with Crippen LogP contribution in [-0.4, -0.2) is 44.1 Å². The summed E-state index contributed by atoms with van der Waals surface area (Å²) in [5.41, 5.74) is 2.06. The number of amides is 2. The number of anilines is 2. The molecule has 32 heavy (non-hydrogen) atoms. The average molecular weight is 456 g/mol. The van der Waals surface area contributed by atoms with Crippen LogP contribution >= 0.6 is 11.8 Å². The van der Waals surface area contributed by atoms with E-state index in [1.807, 2.05) is 25.1 Å². The van der Waals surface area contributed by atoms with E-state index >= 15 is 0 Å². The third-order valence-corrected chi connectivity index (χ3v) is 6.98. The number of hydrogen-bond acceptors (Lipinski definition) is 6. The Morgan fingerprint density at radius 3 is 2.75 bits per heavy atom. The van der Waals surface area contributed by atoms with E-state index < -0.39 is 11.5 Å². The zero-order valence-electron chi connectivity index (χ0n) is 18.8. The summed E-state index contributed by atoms with van der Waals surface area (Å²) in [5.74, 6) is 1.12. The molecule has 7 nitrogen and oxygen atoms in total. The summed E-state index contributed by atoms with van der Waals surface area (Å²) in [5, 5.41) is 9.56. The van der Waals surface area contributed by atoms with Gasteiger partial charge in [0.25, 0.3) is 0 Å². The highest BCUT2D eigenvalue weighted by atomic mass is 32.2. The van der Waals surface area contributed by atoms with Gasteiger partial charge in [0.05, 0.1) is 25.8 Å². The highest BCUT2D eigenvalue weighted by Crippen LogP contribution is 2.48. The Hall–Kier alpha value is -2.71. The van der Waals surface area contributed by atoms with Gasteiger partial charge in [-0.05, 0) is 50.0 Å². The van der Waals surface area contributed by atoms with Gasteiger partial charge in [0.1, 0.15) is 17.0 Å². The molecule has 2 amide bonds. The van der Waals surface area contributed by atoms with Crippen LogP contribution in [0.5, 0.6) is 11.5 Å². The standard InChI is InChI=1S/C24H29N3O4S/c1-14-5-7-19-17(11-14)24(23(29)26-19)18(12-15(27-24)9-10-32-4)22(28)25-20-13-16(30-2)6-8-21(20)31-3/h5-8,11,13,15,18,27H,9-10,12H2,1-4H3,(H,25,28)(H,26,29)/t15-,18-,24-/m0/s1. The molecule has 2 aliphatic rings. The summed E-state index contributed by atoms with van der Waals surface area (Å²) in [6, 6.07) is 11.2. The van der Waals surface area contributed by atoms with Gasteiger partial charge in [0.15, 0.2) is 0 Å². The summed E-state index contributed by atoms with van der Waals surface area (Å²) in [7, 11) is 3.12. The number of nitrogens with one attached hydrogen (secondary N) is 3. The Balaban J connectivity index is 1.72. The predicted molar refractivity (Wildman–Crippen MR) is 128 cm³/mol. The highest BCUT2D eigenvalue weighted by molar-refractivity contribution is 7.98. The first-order valence-corrected chi connectivity index (χ1v) is 12.0. The quantitative estimate of drug-likeness (QED) is 0.592. The number of aryl methyl sites for hydroxylation is 1. The Morgan fingerprint density at radius 2 is 2.03 bits per heavy atom. The molecule has 3 atom stereocenters. The number of benzene rings is 2. The monoisotopic (exact) mass is 455 g/mol. The third kappa shape index (κ3) is 3.82. The highest BCUT2D eigenvalue weighted by Gasteiger charge is 2.60. The third-order valence-electron chi connectivity index (χ3n) is 6.33. The molecule has 0 aliphatic carbocycles. The first kappa shape index (κ1) is 22.5. The lowest BCUT2D eigenvalue weighted by Crippen LogP contribution is -2.52. The van der Waals surface area contributed by atoms with Crippen molar-refractivity contribution in [1.29, 1.82) is 0 Å². The molecule has 2 aromatic carbocycles. The maximum absolute atomic E-state index is 13.7. The van der Waals surface area contributed by atoms with Crippen molar-refractivity contribution in [2.75, 3.05) is 36.9 Å². The van der Waals surface area contributed by atoms with Crippen LogP contribution in [0.25, 0.3) is 0 Å². The summed E-state index contributed by atoms with van der Waals surface area (Å²) in [6.45, 7) is 1.99. The molecule has 2 aliphatic heterocycles. The van der Waals surface area contributed by atoms with Gasteiger partial charge in [-0.3, -0.25) is 14.9 Å². The number of carbonyl (C=O) groups excluding carboxylic acids is 2. The lowest BCUT2D eigenvalue weighted by atomic mass is 9.79. The number of methoxy groups -OCH3 is 2. The molecule has 1 spiro atoms. The SMILES string of the molecule is COc1ccc(OC)c(NC(=O)[C@@H]2C[C@H](CCSC)N[C@]23C(=O)Nc2ccc(C)cc23)c1. The lowest BCUT2D eigenvalue weighted by molar-refractivity contribution is -0.130. The van der Waals surface area contributed by atoms with E-state index in [-0.39, 0.29) is 17.9 Å². The maximum atomic E-state index is 13.7. The van der Waals surface area contributed by atoms with E-state index in [9.17, 15) is 9.59 Å². The minimum Gasteiger partial charge on any atom is -0.497 e. The molecule has 4 rings (SSSR count). The number of carbonyl (C=O) groups is 2. The van der Waals surface area contributed by atoms with E-state index in [1.54, 1.807) is 44.2 Å². The Morgan fingerprint density at radius 1 is 1.22 bits per heavy atom. The molecule has 1 fully saturated rings. The van der Waals surface area contributed by atoms with Crippen molar-refractivity contribution in [1.82, 2.24) is 5.32 Å². The van der Waals surface area contributed by atoms with Crippen LogP contribution in [0.2, 0.25) is 0 Å². The number of ether oxygens (including phenoxy) is 2. The first-order valence-electron chi connectivity index (χ1n) is 10.6. The van der Waals surface area contributed by atoms with Crippen LogP contribution in [0.3, 0.4) is 0 Å². The fourth-order valence-corrected chi connectivity index (χ4v) is 5.27. The molecule has 0 saturated carbocycles. The van der Waals surface area contributed by atoms with Crippen molar-refractivity contribution in [3.63, 3.8) is 0 Å². The van der Waals surface area contributed by atoms with Gasteiger partial charge in [0.2, 0.25) is 11.8 Å². The largest absolute Gasteiger partial charge is 0.497 e. The van der Waals surface area contributed by atoms with Crippen molar-refractivity contribution in [2.24, 2.45) is 5.92 Å². The summed E-state index contributed by atoms with van der Waals surface area (Å²) >= 11 is 1.76. The van der Waals surface area contributed by atoms with E-state index in [2.05, 4.69) is 22.2 Å². The van der Waals surface area contributed by atoms with Crippen LogP contribution in [0, 0.1) is 12.8 Å². The molecule has 3 N–H and O–H groups in total. The number of thioether (sulfide) groups is 1. The second-order valence-corrected chi connectivity index (χ2v) is 9.26. The van der Waals surface area contributed by atoms with Gasteiger partial charge in [-0.1, -0.05) is 17.7 Å². The summed E-state index contributed by atoms with van der Waals surface area (Å²) in [6.07, 6.45) is 3.51. The number of hydrogen-bond donors (Lipinski definition) is 3. The van der Waals surface area contributed by atoms with Gasteiger partial charge < -0.3 is 20.1 Å². The molecular formula is C24H29N3O4S. The van der Waals surface area contributed by atoms with Crippen LogP contribution in [0.4, 0.5) is 11.4 Å². The van der Waals surface area contributed by atoms with Gasteiger partial charge in [-0.2, -0.15) is 11.8 Å². The molecule has 2 heterocycles. The smallest absolute Gasteiger partial charge is 0.250 e. The van der Waals surface area contributed by atoms with Crippen LogP contribution in [0.1, 0.15) is 24.0 Å². The minimum absolute atomic E-state index is 0.0580. The molecular weight excluding hydrogens is 426 g/mol. The Bertz CT molecular complexity index is 1040. The minimum atomic E-state index is -1.10. The fourth-order valence-electron chi connectivity index (χ4n) is 4.75. The topological polar surface area (TPSA) is 88.7 Å². The van der Waals surface area contributed by atoms with E-state index in [1.165, 1.54) is 0 Å². The van der Waals surface area contributed by atoms with Gasteiger partial charge in [0, 0.05) is 23.4 Å². The van der Waals surface area contributed by atoms with Crippen molar-refractivity contribution in [2.45, 2.75) is 31.3 Å². The molecule has 170 valence electrons. The summed E-state index contributed by atoms with van der Waals surface area (Å²) < 4.78 is 10.7. The number of rotatable bonds is 7. The predicted octanol–water partition coefficient (Wildman–Crippen LogP) is 3.53. The fraction of sp³-hybridized carbons (Fsp3) is 0.417. The van der Waals surface area contributed by atoms with Crippen molar-refractivity contribution in [3.05, 3.63) is 47.5 Å². The second-order valence-electron chi connectivity index (χ2n) is 8.28. The molecule has 1 saturated heterocycles. The molecule has 0 bridgehead atoms. The van der Waals surface area contributed by atoms with Gasteiger partial charge >= 0.3 is 0 Å². The van der Waals surface area contributed by atoms with Crippen LogP contribution in [0.15, 0.2) is 36.4 Å². The normalized spacial score (nSPS) is 23.7. The summed E-state index contributed by atoms with van der Waals surface area (Å²) in [4.78, 5) is 27.0. The van der Waals surface area contributed by atoms with Crippen molar-refractivity contribution >= 4 is 35.0 Å². The maximum Gasteiger partial charge on any atom is 0.250 e. The molecule has 0 unspecified atom stereocenters. The zero-order valence-corrected chi connectivity index (χ0v) is 19.6. The van der Waals surface area contributed by atoms with Crippen molar-refractivity contribution in [3.8, 4) is 11.5 Å². The lowest BCUT2D eigenvalue weighted by Gasteiger charge is -2.29. The molecule has 0 aromatic heterocycles. The first-order chi connectivity index (χ1) is 15.4. The molecule has 0 radical (unpaired) electrons. The molecule has 2 aromatic rings. The molecule has 8 heteroatoms. The Labute approximate surface area is 192 Å². The number of fused-ring (bicyclic) bond motifs is 2. The van der Waals surface area contributed by atoms with Crippen molar-refractivity contribution < 1.29 is 19.1 Å². The van der Waals surface area contributed by atoms with E-state index in [0.717, 1.165) is 29.0 Å². The van der Waals surface area contributed by atoms with E-state index in [4.69, 9.17) is 9.47 Å².